The molecule has 0 aliphatic rings. The molecule has 0 aliphatic carbocycles. The summed E-state index contributed by atoms with van der Waals surface area (Å²) in [6.07, 6.45) is 0. The monoisotopic (exact) mass is 351 g/mol. The van der Waals surface area contributed by atoms with E-state index in [1.54, 1.807) is 12.1 Å². The zero-order chi connectivity index (χ0) is 17.7. The topological polar surface area (TPSA) is 90.9 Å². The highest BCUT2D eigenvalue weighted by atomic mass is 32.2. The van der Waals surface area contributed by atoms with E-state index in [0.29, 0.717) is 11.5 Å². The summed E-state index contributed by atoms with van der Waals surface area (Å²) in [6.45, 7) is 0. The second kappa shape index (κ2) is 7.22. The summed E-state index contributed by atoms with van der Waals surface area (Å²) in [5.74, 6) is 0.324. The Morgan fingerprint density at radius 1 is 0.958 bits per heavy atom. The predicted molar refractivity (Wildman–Crippen MR) is 88.1 cm³/mol. The fraction of sp³-hybridized carbons (Fsp3) is 0.188. The Kier molecular flexibility index (Phi) is 5.30. The molecule has 8 heteroatoms. The maximum atomic E-state index is 12.5. The smallest absolute Gasteiger partial charge is 0.337 e. The van der Waals surface area contributed by atoms with E-state index in [0.717, 1.165) is 0 Å². The van der Waals surface area contributed by atoms with Gasteiger partial charge in [0.05, 0.1) is 37.5 Å². The molecule has 0 amide bonds. The van der Waals surface area contributed by atoms with Crippen LogP contribution in [0.2, 0.25) is 0 Å². The molecule has 0 atom stereocenters. The maximum absolute atomic E-state index is 12.5. The van der Waals surface area contributed by atoms with Gasteiger partial charge in [0.2, 0.25) is 0 Å². The van der Waals surface area contributed by atoms with Crippen LogP contribution in [0.3, 0.4) is 0 Å². The Morgan fingerprint density at radius 3 is 2.17 bits per heavy atom. The number of benzene rings is 2. The van der Waals surface area contributed by atoms with Crippen molar-refractivity contribution < 1.29 is 27.4 Å². The van der Waals surface area contributed by atoms with E-state index in [2.05, 4.69) is 9.46 Å². The Balaban J connectivity index is 2.30. The predicted octanol–water partition coefficient (Wildman–Crippen LogP) is 2.29. The molecule has 0 saturated heterocycles. The number of carbonyl (C=O) groups excluding carboxylic acids is 1. The Hall–Kier alpha value is -2.74. The van der Waals surface area contributed by atoms with Crippen LogP contribution in [-0.4, -0.2) is 35.7 Å². The van der Waals surface area contributed by atoms with E-state index in [9.17, 15) is 13.2 Å². The molecule has 0 unspecified atom stereocenters. The minimum Gasteiger partial charge on any atom is -0.497 e. The summed E-state index contributed by atoms with van der Waals surface area (Å²) in [5.41, 5.74) is 0.536. The molecule has 0 spiro atoms. The zero-order valence-electron chi connectivity index (χ0n) is 13.4. The summed E-state index contributed by atoms with van der Waals surface area (Å²) < 4.78 is 42.2. The second-order valence-electron chi connectivity index (χ2n) is 4.69. The minimum absolute atomic E-state index is 0.00743. The number of ether oxygens (including phenoxy) is 3. The average molecular weight is 351 g/mol. The van der Waals surface area contributed by atoms with Crippen molar-refractivity contribution in [1.82, 2.24) is 0 Å². The van der Waals surface area contributed by atoms with E-state index in [1.807, 2.05) is 0 Å². The number of esters is 1. The first-order valence-corrected chi connectivity index (χ1v) is 8.33. The van der Waals surface area contributed by atoms with Crippen LogP contribution >= 0.6 is 0 Å². The summed E-state index contributed by atoms with van der Waals surface area (Å²) in [6, 6.07) is 10.1. The molecule has 0 fully saturated rings. The van der Waals surface area contributed by atoms with E-state index >= 15 is 0 Å². The first-order valence-electron chi connectivity index (χ1n) is 6.84. The first-order chi connectivity index (χ1) is 11.4. The zero-order valence-corrected chi connectivity index (χ0v) is 14.2. The van der Waals surface area contributed by atoms with Crippen molar-refractivity contribution >= 4 is 21.7 Å². The van der Waals surface area contributed by atoms with Crippen molar-refractivity contribution in [3.05, 3.63) is 48.0 Å². The maximum Gasteiger partial charge on any atom is 0.337 e. The molecule has 0 radical (unpaired) electrons. The van der Waals surface area contributed by atoms with Crippen molar-refractivity contribution in [3.8, 4) is 11.5 Å². The molecule has 1 N–H and O–H groups in total. The van der Waals surface area contributed by atoms with Crippen molar-refractivity contribution in [3.63, 3.8) is 0 Å². The number of sulfonamides is 1. The number of anilines is 1. The highest BCUT2D eigenvalue weighted by Gasteiger charge is 2.18. The van der Waals surface area contributed by atoms with Gasteiger partial charge in [0, 0.05) is 6.07 Å². The van der Waals surface area contributed by atoms with E-state index in [4.69, 9.17) is 9.47 Å². The number of methoxy groups -OCH3 is 3. The van der Waals surface area contributed by atoms with Crippen molar-refractivity contribution in [2.24, 2.45) is 0 Å². The molecular weight excluding hydrogens is 334 g/mol. The molecule has 0 saturated carbocycles. The van der Waals surface area contributed by atoms with Gasteiger partial charge in [-0.2, -0.15) is 0 Å². The minimum atomic E-state index is -3.84. The van der Waals surface area contributed by atoms with Crippen LogP contribution in [0.25, 0.3) is 0 Å². The molecule has 128 valence electrons. The third-order valence-electron chi connectivity index (χ3n) is 3.24. The van der Waals surface area contributed by atoms with Crippen molar-refractivity contribution in [2.45, 2.75) is 4.90 Å². The van der Waals surface area contributed by atoms with Crippen LogP contribution in [0.4, 0.5) is 5.69 Å². The van der Waals surface area contributed by atoms with Gasteiger partial charge in [-0.15, -0.1) is 0 Å². The van der Waals surface area contributed by atoms with Crippen LogP contribution < -0.4 is 14.2 Å². The van der Waals surface area contributed by atoms with Gasteiger partial charge < -0.3 is 14.2 Å². The summed E-state index contributed by atoms with van der Waals surface area (Å²) >= 11 is 0. The SMILES string of the molecule is COC(=O)c1ccc(S(=O)(=O)Nc2ccc(OC)cc2OC)cc1. The molecular formula is C16H17NO6S. The highest BCUT2D eigenvalue weighted by Crippen LogP contribution is 2.30. The molecule has 0 aromatic heterocycles. The molecule has 0 bridgehead atoms. The van der Waals surface area contributed by atoms with Gasteiger partial charge in [0.25, 0.3) is 10.0 Å². The molecule has 2 aromatic rings. The lowest BCUT2D eigenvalue weighted by atomic mass is 10.2. The van der Waals surface area contributed by atoms with Crippen LogP contribution in [0.1, 0.15) is 10.4 Å². The third kappa shape index (κ3) is 3.77. The number of carbonyl (C=O) groups is 1. The molecule has 7 nitrogen and oxygen atoms in total. The normalized spacial score (nSPS) is 10.8. The standard InChI is InChI=1S/C16H17NO6S/c1-21-12-6-9-14(15(10-12)22-2)17-24(19,20)13-7-4-11(5-8-13)16(18)23-3/h4-10,17H,1-3H3. The second-order valence-corrected chi connectivity index (χ2v) is 6.37. The van der Waals surface area contributed by atoms with Crippen molar-refractivity contribution in [1.29, 1.82) is 0 Å². The van der Waals surface area contributed by atoms with Gasteiger partial charge in [0.15, 0.2) is 0 Å². The third-order valence-corrected chi connectivity index (χ3v) is 4.62. The van der Waals surface area contributed by atoms with E-state index in [-0.39, 0.29) is 16.1 Å². The number of hydrogen-bond donors (Lipinski definition) is 1. The average Bonchev–Trinajstić information content (AvgIpc) is 2.61. The number of nitrogens with one attached hydrogen (secondary N) is 1. The lowest BCUT2D eigenvalue weighted by Crippen LogP contribution is -2.14. The van der Waals surface area contributed by atoms with Gasteiger partial charge in [-0.3, -0.25) is 4.72 Å². The number of rotatable bonds is 6. The molecule has 2 rings (SSSR count). The summed E-state index contributed by atoms with van der Waals surface area (Å²) in [4.78, 5) is 11.4. The van der Waals surface area contributed by atoms with Crippen molar-refractivity contribution in [2.75, 3.05) is 26.1 Å². The summed E-state index contributed by atoms with van der Waals surface area (Å²) in [5, 5.41) is 0. The Labute approximate surface area is 140 Å². The fourth-order valence-corrected chi connectivity index (χ4v) is 3.04. The van der Waals surface area contributed by atoms with Crippen LogP contribution in [0.5, 0.6) is 11.5 Å². The molecule has 0 heterocycles. The lowest BCUT2D eigenvalue weighted by Gasteiger charge is -2.13. The Bertz CT molecular complexity index is 830. The van der Waals surface area contributed by atoms with E-state index < -0.39 is 16.0 Å². The van der Waals surface area contributed by atoms with Crippen LogP contribution in [0, 0.1) is 0 Å². The van der Waals surface area contributed by atoms with Gasteiger partial charge in [0.1, 0.15) is 11.5 Å². The van der Waals surface area contributed by atoms with Crippen LogP contribution in [-0.2, 0) is 14.8 Å². The fourth-order valence-electron chi connectivity index (χ4n) is 1.97. The number of hydrogen-bond acceptors (Lipinski definition) is 6. The molecule has 0 aliphatic heterocycles. The Morgan fingerprint density at radius 2 is 1.62 bits per heavy atom. The largest absolute Gasteiger partial charge is 0.497 e. The van der Waals surface area contributed by atoms with Gasteiger partial charge in [-0.1, -0.05) is 0 Å². The van der Waals surface area contributed by atoms with Gasteiger partial charge in [-0.05, 0) is 36.4 Å². The quantitative estimate of drug-likeness (QED) is 0.803. The van der Waals surface area contributed by atoms with Crippen LogP contribution in [0.15, 0.2) is 47.4 Å². The van der Waals surface area contributed by atoms with E-state index in [1.165, 1.54) is 51.7 Å². The molecule has 24 heavy (non-hydrogen) atoms. The first kappa shape index (κ1) is 17.6. The van der Waals surface area contributed by atoms with Gasteiger partial charge in [-0.25, -0.2) is 13.2 Å². The van der Waals surface area contributed by atoms with Gasteiger partial charge >= 0.3 is 5.97 Å². The highest BCUT2D eigenvalue weighted by molar-refractivity contribution is 7.92. The summed E-state index contributed by atoms with van der Waals surface area (Å²) in [7, 11) is 0.347. The lowest BCUT2D eigenvalue weighted by molar-refractivity contribution is 0.0600. The molecule has 2 aromatic carbocycles.